The number of rotatable bonds is 4. The first kappa shape index (κ1) is 15.4. The summed E-state index contributed by atoms with van der Waals surface area (Å²) in [5.41, 5.74) is 0.541. The quantitative estimate of drug-likeness (QED) is 0.840. The van der Waals surface area contributed by atoms with Gasteiger partial charge in [-0.2, -0.15) is 5.26 Å². The number of thioether (sulfide) groups is 1. The molecular weight excluding hydrogens is 318 g/mol. The van der Waals surface area contributed by atoms with E-state index in [4.69, 9.17) is 0 Å². The van der Waals surface area contributed by atoms with Crippen LogP contribution in [0.3, 0.4) is 0 Å². The third-order valence-corrected chi connectivity index (χ3v) is 6.29. The molecule has 3 heterocycles. The lowest BCUT2D eigenvalue weighted by Crippen LogP contribution is -2.31. The standard InChI is InChI=1S/C15H17N3O2S2/c16-9-10-13-14(11(19)8-12(20)17-13)22-15(10)21-7-6-18-4-2-1-3-5-18/h8H,1-7H2,(H2,17,19,20). The molecule has 1 saturated heterocycles. The summed E-state index contributed by atoms with van der Waals surface area (Å²) in [5.74, 6) is 0.857. The Bertz CT molecular complexity index is 769. The maximum Gasteiger partial charge on any atom is 0.252 e. The molecule has 1 aliphatic rings. The van der Waals surface area contributed by atoms with Gasteiger partial charge in [-0.05, 0) is 25.9 Å². The number of thiophene rings is 1. The fraction of sp³-hybridized carbons (Fsp3) is 0.467. The average Bonchev–Trinajstić information content (AvgIpc) is 2.86. The molecule has 7 heteroatoms. The molecule has 0 amide bonds. The van der Waals surface area contributed by atoms with Crippen molar-refractivity contribution in [1.29, 1.82) is 5.26 Å². The van der Waals surface area contributed by atoms with Gasteiger partial charge in [0.25, 0.3) is 5.56 Å². The van der Waals surface area contributed by atoms with E-state index in [1.54, 1.807) is 11.8 Å². The maximum atomic E-state index is 11.5. The normalized spacial score (nSPS) is 16.0. The van der Waals surface area contributed by atoms with Crippen LogP contribution >= 0.6 is 23.1 Å². The number of nitrogens with one attached hydrogen (secondary N) is 1. The number of hydrogen-bond acceptors (Lipinski definition) is 6. The predicted molar refractivity (Wildman–Crippen MR) is 89.8 cm³/mol. The van der Waals surface area contributed by atoms with Crippen LogP contribution in [0.15, 0.2) is 15.1 Å². The van der Waals surface area contributed by atoms with Crippen molar-refractivity contribution < 1.29 is 5.11 Å². The maximum absolute atomic E-state index is 11.5. The summed E-state index contributed by atoms with van der Waals surface area (Å²) in [6.07, 6.45) is 3.86. The van der Waals surface area contributed by atoms with Gasteiger partial charge < -0.3 is 15.0 Å². The molecule has 116 valence electrons. The van der Waals surface area contributed by atoms with Crippen molar-refractivity contribution in [2.24, 2.45) is 0 Å². The van der Waals surface area contributed by atoms with Crippen LogP contribution < -0.4 is 5.56 Å². The summed E-state index contributed by atoms with van der Waals surface area (Å²) in [6, 6.07) is 3.31. The second-order valence-electron chi connectivity index (χ2n) is 5.35. The van der Waals surface area contributed by atoms with Crippen LogP contribution in [0.2, 0.25) is 0 Å². The summed E-state index contributed by atoms with van der Waals surface area (Å²) in [4.78, 5) is 16.6. The van der Waals surface area contributed by atoms with E-state index in [1.807, 2.05) is 0 Å². The van der Waals surface area contributed by atoms with Gasteiger partial charge in [0, 0.05) is 18.4 Å². The molecule has 5 nitrogen and oxygen atoms in total. The SMILES string of the molecule is N#Cc1c(SCCN2CCCCC2)sc2c(O)cc(=O)[nH]c12. The first-order chi connectivity index (χ1) is 10.7. The minimum absolute atomic E-state index is 0.0527. The van der Waals surface area contributed by atoms with E-state index in [1.165, 1.54) is 30.6 Å². The molecule has 22 heavy (non-hydrogen) atoms. The summed E-state index contributed by atoms with van der Waals surface area (Å²) >= 11 is 3.00. The van der Waals surface area contributed by atoms with E-state index in [0.717, 1.165) is 35.7 Å². The van der Waals surface area contributed by atoms with Gasteiger partial charge in [-0.25, -0.2) is 0 Å². The summed E-state index contributed by atoms with van der Waals surface area (Å²) in [5, 5.41) is 19.2. The Morgan fingerprint density at radius 2 is 2.18 bits per heavy atom. The number of pyridine rings is 1. The highest BCUT2D eigenvalue weighted by Crippen LogP contribution is 2.39. The molecule has 0 saturated carbocycles. The third-order valence-electron chi connectivity index (χ3n) is 3.83. The average molecular weight is 335 g/mol. The lowest BCUT2D eigenvalue weighted by molar-refractivity contribution is 0.242. The van der Waals surface area contributed by atoms with Crippen molar-refractivity contribution in [1.82, 2.24) is 9.88 Å². The first-order valence-electron chi connectivity index (χ1n) is 7.33. The zero-order valence-electron chi connectivity index (χ0n) is 12.1. The highest BCUT2D eigenvalue weighted by Gasteiger charge is 2.17. The summed E-state index contributed by atoms with van der Waals surface area (Å²) in [6.45, 7) is 3.32. The Morgan fingerprint density at radius 3 is 2.91 bits per heavy atom. The number of hydrogen-bond donors (Lipinski definition) is 2. The summed E-state index contributed by atoms with van der Waals surface area (Å²) < 4.78 is 1.45. The number of fused-ring (bicyclic) bond motifs is 1. The number of piperidine rings is 1. The van der Waals surface area contributed by atoms with Crippen molar-refractivity contribution in [3.8, 4) is 11.8 Å². The molecule has 2 N–H and O–H groups in total. The first-order valence-corrected chi connectivity index (χ1v) is 9.13. The zero-order chi connectivity index (χ0) is 15.5. The van der Waals surface area contributed by atoms with E-state index >= 15 is 0 Å². The number of nitrogens with zero attached hydrogens (tertiary/aromatic N) is 2. The van der Waals surface area contributed by atoms with Crippen LogP contribution in [-0.4, -0.2) is 40.4 Å². The minimum atomic E-state index is -0.385. The van der Waals surface area contributed by atoms with Crippen LogP contribution in [0.1, 0.15) is 24.8 Å². The van der Waals surface area contributed by atoms with Crippen LogP contribution in [0.25, 0.3) is 10.2 Å². The molecule has 3 rings (SSSR count). The monoisotopic (exact) mass is 335 g/mol. The lowest BCUT2D eigenvalue weighted by atomic mass is 10.1. The van der Waals surface area contributed by atoms with Crippen LogP contribution in [0, 0.1) is 11.3 Å². The van der Waals surface area contributed by atoms with Crippen molar-refractivity contribution in [2.45, 2.75) is 23.5 Å². The van der Waals surface area contributed by atoms with E-state index in [0.29, 0.717) is 15.8 Å². The Kier molecular flexibility index (Phi) is 4.71. The molecule has 0 unspecified atom stereocenters. The fourth-order valence-corrected chi connectivity index (χ4v) is 5.13. The van der Waals surface area contributed by atoms with Gasteiger partial charge in [0.1, 0.15) is 17.4 Å². The molecule has 2 aromatic heterocycles. The second kappa shape index (κ2) is 6.73. The number of H-pyrrole nitrogens is 1. The lowest BCUT2D eigenvalue weighted by Gasteiger charge is -2.25. The molecule has 2 aromatic rings. The fourth-order valence-electron chi connectivity index (χ4n) is 2.71. The molecule has 1 aliphatic heterocycles. The van der Waals surface area contributed by atoms with Gasteiger partial charge in [0.15, 0.2) is 0 Å². The van der Waals surface area contributed by atoms with Gasteiger partial charge in [-0.1, -0.05) is 6.42 Å². The van der Waals surface area contributed by atoms with E-state index in [2.05, 4.69) is 16.0 Å². The third kappa shape index (κ3) is 3.14. The molecule has 1 fully saturated rings. The van der Waals surface area contributed by atoms with Crippen molar-refractivity contribution in [3.05, 3.63) is 22.0 Å². The Hall–Kier alpha value is -1.49. The number of aromatic nitrogens is 1. The van der Waals surface area contributed by atoms with Gasteiger partial charge in [-0.3, -0.25) is 4.79 Å². The second-order valence-corrected chi connectivity index (χ2v) is 7.73. The molecule has 0 atom stereocenters. The Labute approximate surface area is 136 Å². The van der Waals surface area contributed by atoms with Gasteiger partial charge in [-0.15, -0.1) is 23.1 Å². The zero-order valence-corrected chi connectivity index (χ0v) is 13.7. The van der Waals surface area contributed by atoms with Gasteiger partial charge in [0.2, 0.25) is 0 Å². The smallest absolute Gasteiger partial charge is 0.252 e. The molecule has 0 radical (unpaired) electrons. The number of aromatic hydroxyl groups is 1. The molecule has 0 spiro atoms. The minimum Gasteiger partial charge on any atom is -0.506 e. The van der Waals surface area contributed by atoms with E-state index in [-0.39, 0.29) is 11.3 Å². The number of likely N-dealkylation sites (tertiary alicyclic amines) is 1. The summed E-state index contributed by atoms with van der Waals surface area (Å²) in [7, 11) is 0. The van der Waals surface area contributed by atoms with Gasteiger partial charge in [0.05, 0.1) is 14.4 Å². The number of nitriles is 1. The highest BCUT2D eigenvalue weighted by molar-refractivity contribution is 8.01. The molecule has 0 aromatic carbocycles. The van der Waals surface area contributed by atoms with Crippen LogP contribution in [0.5, 0.6) is 5.75 Å². The van der Waals surface area contributed by atoms with Crippen molar-refractivity contribution in [2.75, 3.05) is 25.4 Å². The van der Waals surface area contributed by atoms with Gasteiger partial charge >= 0.3 is 0 Å². The molecule has 0 aliphatic carbocycles. The molecule has 0 bridgehead atoms. The molecular formula is C15H17N3O2S2. The Morgan fingerprint density at radius 1 is 1.41 bits per heavy atom. The van der Waals surface area contributed by atoms with Crippen LogP contribution in [0.4, 0.5) is 0 Å². The van der Waals surface area contributed by atoms with E-state index in [9.17, 15) is 15.2 Å². The largest absolute Gasteiger partial charge is 0.506 e. The predicted octanol–water partition coefficient (Wildman–Crippen LogP) is 2.74. The topological polar surface area (TPSA) is 80.1 Å². The van der Waals surface area contributed by atoms with E-state index < -0.39 is 0 Å². The van der Waals surface area contributed by atoms with Crippen molar-refractivity contribution in [3.63, 3.8) is 0 Å². The van der Waals surface area contributed by atoms with Crippen molar-refractivity contribution >= 4 is 33.3 Å². The van der Waals surface area contributed by atoms with Crippen LogP contribution in [-0.2, 0) is 0 Å². The number of aromatic amines is 1. The highest BCUT2D eigenvalue weighted by atomic mass is 32.2. The Balaban J connectivity index is 1.77.